The van der Waals surface area contributed by atoms with Crippen molar-refractivity contribution in [3.63, 3.8) is 0 Å². The van der Waals surface area contributed by atoms with Gasteiger partial charge in [0.2, 0.25) is 5.89 Å². The van der Waals surface area contributed by atoms with E-state index in [1.54, 1.807) is 0 Å². The molecule has 0 aliphatic heterocycles. The summed E-state index contributed by atoms with van der Waals surface area (Å²) >= 11 is 5.88. The van der Waals surface area contributed by atoms with Gasteiger partial charge in [-0.15, -0.1) is 10.2 Å². The van der Waals surface area contributed by atoms with Crippen LogP contribution in [0.2, 0.25) is 5.02 Å². The number of likely N-dealkylation sites (N-methyl/N-ethyl adjacent to an activating group) is 1. The van der Waals surface area contributed by atoms with Crippen molar-refractivity contribution in [2.45, 2.75) is 19.9 Å². The molecule has 0 fully saturated rings. The number of quaternary nitrogens is 1. The lowest BCUT2D eigenvalue weighted by Gasteiger charge is -2.18. The van der Waals surface area contributed by atoms with Crippen LogP contribution in [0.3, 0.4) is 0 Å². The summed E-state index contributed by atoms with van der Waals surface area (Å²) in [6.07, 6.45) is 0. The summed E-state index contributed by atoms with van der Waals surface area (Å²) in [5.74, 6) is 2.00. The van der Waals surface area contributed by atoms with Gasteiger partial charge in [0.1, 0.15) is 18.9 Å². The minimum absolute atomic E-state index is 0.0792. The number of nitrogens with zero attached hydrogens (tertiary/aromatic N) is 2. The van der Waals surface area contributed by atoms with Crippen molar-refractivity contribution < 1.29 is 14.1 Å². The molecule has 1 unspecified atom stereocenters. The van der Waals surface area contributed by atoms with E-state index in [1.165, 1.54) is 10.5 Å². The Morgan fingerprint density at radius 2 is 1.77 bits per heavy atom. The Labute approximate surface area is 158 Å². The van der Waals surface area contributed by atoms with Crippen LogP contribution >= 0.6 is 11.6 Å². The third-order valence-electron chi connectivity index (χ3n) is 4.43. The van der Waals surface area contributed by atoms with Crippen molar-refractivity contribution in [3.05, 3.63) is 65.0 Å². The summed E-state index contributed by atoms with van der Waals surface area (Å²) in [4.78, 5) is 1.23. The van der Waals surface area contributed by atoms with Crippen LogP contribution in [0.25, 0.3) is 11.5 Å². The van der Waals surface area contributed by atoms with Crippen LogP contribution in [0, 0.1) is 6.92 Å². The van der Waals surface area contributed by atoms with E-state index in [0.29, 0.717) is 23.4 Å². The first-order valence-electron chi connectivity index (χ1n) is 8.64. The van der Waals surface area contributed by atoms with Gasteiger partial charge in [0.05, 0.1) is 7.05 Å². The lowest BCUT2D eigenvalue weighted by molar-refractivity contribution is -0.911. The lowest BCUT2D eigenvalue weighted by atomic mass is 10.1. The van der Waals surface area contributed by atoms with Gasteiger partial charge in [-0.05, 0) is 50.2 Å². The first kappa shape index (κ1) is 18.4. The standard InChI is InChI=1S/C20H22ClN3O2/c1-14-4-6-16(7-5-14)20-23-22-19(26-20)15(2)24(3)12-13-25-18-10-8-17(21)9-11-18/h4-11,15H,12-13H2,1-3H3/p+1/t15-/m0/s1. The molecule has 1 aromatic heterocycles. The maximum absolute atomic E-state index is 5.88. The highest BCUT2D eigenvalue weighted by Gasteiger charge is 2.22. The molecule has 2 aromatic carbocycles. The molecule has 136 valence electrons. The Hall–Kier alpha value is -2.37. The minimum Gasteiger partial charge on any atom is -0.488 e. The molecule has 3 rings (SSSR count). The number of aryl methyl sites for hydroxylation is 1. The van der Waals surface area contributed by atoms with Gasteiger partial charge in [-0.2, -0.15) is 0 Å². The summed E-state index contributed by atoms with van der Waals surface area (Å²) < 4.78 is 11.6. The number of ether oxygens (including phenoxy) is 1. The van der Waals surface area contributed by atoms with Crippen molar-refractivity contribution in [2.75, 3.05) is 20.2 Å². The van der Waals surface area contributed by atoms with Crippen LogP contribution in [0.15, 0.2) is 52.9 Å². The van der Waals surface area contributed by atoms with Crippen molar-refractivity contribution in [1.29, 1.82) is 0 Å². The molecule has 0 bridgehead atoms. The molecule has 0 spiro atoms. The Balaban J connectivity index is 1.55. The number of benzene rings is 2. The van der Waals surface area contributed by atoms with Crippen molar-refractivity contribution in [1.82, 2.24) is 10.2 Å². The lowest BCUT2D eigenvalue weighted by Crippen LogP contribution is -3.09. The average molecular weight is 373 g/mol. The van der Waals surface area contributed by atoms with Crippen LogP contribution in [-0.2, 0) is 0 Å². The molecule has 0 saturated carbocycles. The van der Waals surface area contributed by atoms with Crippen LogP contribution in [0.4, 0.5) is 0 Å². The Kier molecular flexibility index (Phi) is 5.91. The minimum atomic E-state index is 0.0792. The molecule has 0 saturated heterocycles. The molecule has 3 aromatic rings. The van der Waals surface area contributed by atoms with Gasteiger partial charge in [-0.3, -0.25) is 0 Å². The molecule has 0 amide bonds. The summed E-state index contributed by atoms with van der Waals surface area (Å²) in [5, 5.41) is 9.10. The van der Waals surface area contributed by atoms with E-state index >= 15 is 0 Å². The predicted molar refractivity (Wildman–Crippen MR) is 102 cm³/mol. The van der Waals surface area contributed by atoms with E-state index in [2.05, 4.69) is 31.1 Å². The van der Waals surface area contributed by atoms with Crippen molar-refractivity contribution in [2.24, 2.45) is 0 Å². The van der Waals surface area contributed by atoms with Gasteiger partial charge < -0.3 is 14.1 Å². The first-order valence-corrected chi connectivity index (χ1v) is 9.02. The fraction of sp³-hybridized carbons (Fsp3) is 0.300. The quantitative estimate of drug-likeness (QED) is 0.691. The van der Waals surface area contributed by atoms with E-state index in [4.69, 9.17) is 20.8 Å². The molecule has 1 heterocycles. The molecule has 2 atom stereocenters. The fourth-order valence-corrected chi connectivity index (χ4v) is 2.64. The van der Waals surface area contributed by atoms with Gasteiger partial charge >= 0.3 is 0 Å². The number of halogens is 1. The second-order valence-corrected chi connectivity index (χ2v) is 6.87. The van der Waals surface area contributed by atoms with E-state index in [-0.39, 0.29) is 6.04 Å². The number of rotatable bonds is 7. The molecule has 1 N–H and O–H groups in total. The van der Waals surface area contributed by atoms with Gasteiger partial charge in [-0.1, -0.05) is 29.3 Å². The van der Waals surface area contributed by atoms with Gasteiger partial charge in [0.15, 0.2) is 6.04 Å². The van der Waals surface area contributed by atoms with Crippen LogP contribution in [0.1, 0.15) is 24.4 Å². The summed E-state index contributed by atoms with van der Waals surface area (Å²) in [5.41, 5.74) is 2.14. The highest BCUT2D eigenvalue weighted by molar-refractivity contribution is 6.30. The number of nitrogens with one attached hydrogen (secondary N) is 1. The summed E-state index contributed by atoms with van der Waals surface area (Å²) in [6, 6.07) is 15.5. The second kappa shape index (κ2) is 8.34. The van der Waals surface area contributed by atoms with E-state index in [9.17, 15) is 0 Å². The Morgan fingerprint density at radius 3 is 2.46 bits per heavy atom. The normalized spacial score (nSPS) is 13.4. The van der Waals surface area contributed by atoms with Gasteiger partial charge in [0, 0.05) is 10.6 Å². The van der Waals surface area contributed by atoms with Crippen LogP contribution in [0.5, 0.6) is 5.75 Å². The van der Waals surface area contributed by atoms with Crippen molar-refractivity contribution >= 4 is 11.6 Å². The average Bonchev–Trinajstić information content (AvgIpc) is 3.13. The molecular formula is C20H23ClN3O2+. The molecular weight excluding hydrogens is 350 g/mol. The van der Waals surface area contributed by atoms with Crippen LogP contribution < -0.4 is 9.64 Å². The molecule has 0 radical (unpaired) electrons. The fourth-order valence-electron chi connectivity index (χ4n) is 2.51. The monoisotopic (exact) mass is 372 g/mol. The number of hydrogen-bond acceptors (Lipinski definition) is 4. The van der Waals surface area contributed by atoms with E-state index < -0.39 is 0 Å². The summed E-state index contributed by atoms with van der Waals surface area (Å²) in [6.45, 7) is 5.53. The molecule has 5 nitrogen and oxygen atoms in total. The topological polar surface area (TPSA) is 52.6 Å². The number of hydrogen-bond donors (Lipinski definition) is 1. The molecule has 26 heavy (non-hydrogen) atoms. The van der Waals surface area contributed by atoms with Gasteiger partial charge in [0.25, 0.3) is 5.89 Å². The second-order valence-electron chi connectivity index (χ2n) is 6.43. The zero-order chi connectivity index (χ0) is 18.5. The SMILES string of the molecule is Cc1ccc(-c2nnc([C@H](C)[NH+](C)CCOc3ccc(Cl)cc3)o2)cc1. The highest BCUT2D eigenvalue weighted by atomic mass is 35.5. The van der Waals surface area contributed by atoms with Gasteiger partial charge in [-0.25, -0.2) is 0 Å². The van der Waals surface area contributed by atoms with Crippen LogP contribution in [-0.4, -0.2) is 30.4 Å². The summed E-state index contributed by atoms with van der Waals surface area (Å²) in [7, 11) is 2.09. The predicted octanol–water partition coefficient (Wildman–Crippen LogP) is 3.35. The highest BCUT2D eigenvalue weighted by Crippen LogP contribution is 2.20. The van der Waals surface area contributed by atoms with E-state index in [0.717, 1.165) is 17.9 Å². The van der Waals surface area contributed by atoms with E-state index in [1.807, 2.05) is 48.5 Å². The smallest absolute Gasteiger partial charge is 0.274 e. The molecule has 0 aliphatic rings. The Morgan fingerprint density at radius 1 is 1.08 bits per heavy atom. The third-order valence-corrected chi connectivity index (χ3v) is 4.68. The van der Waals surface area contributed by atoms with Crippen molar-refractivity contribution in [3.8, 4) is 17.2 Å². The third kappa shape index (κ3) is 4.62. The Bertz CT molecular complexity index is 831. The first-order chi connectivity index (χ1) is 12.5. The largest absolute Gasteiger partial charge is 0.488 e. The maximum atomic E-state index is 5.88. The zero-order valence-electron chi connectivity index (χ0n) is 15.2. The zero-order valence-corrected chi connectivity index (χ0v) is 16.0. The maximum Gasteiger partial charge on any atom is 0.274 e. The number of aromatic nitrogens is 2. The molecule has 0 aliphatic carbocycles. The molecule has 6 heteroatoms.